The highest BCUT2D eigenvalue weighted by atomic mass is 15.1. The molecule has 1 aromatic carbocycles. The summed E-state index contributed by atoms with van der Waals surface area (Å²) in [5.74, 6) is 0. The second-order valence-electron chi connectivity index (χ2n) is 3.50. The van der Waals surface area contributed by atoms with Gasteiger partial charge in [-0.2, -0.15) is 0 Å². The number of hydrogen-bond acceptors (Lipinski definition) is 2. The van der Waals surface area contributed by atoms with Crippen LogP contribution in [0.25, 0.3) is 0 Å². The van der Waals surface area contributed by atoms with E-state index in [-0.39, 0.29) is 0 Å². The van der Waals surface area contributed by atoms with Gasteiger partial charge in [-0.3, -0.25) is 0 Å². The summed E-state index contributed by atoms with van der Waals surface area (Å²) < 4.78 is 0. The first-order chi connectivity index (χ1) is 6.35. The summed E-state index contributed by atoms with van der Waals surface area (Å²) in [6, 6.07) is 6.58. The van der Waals surface area contributed by atoms with Crippen LogP contribution in [0.2, 0.25) is 0 Å². The van der Waals surface area contributed by atoms with Crippen molar-refractivity contribution in [1.29, 1.82) is 0 Å². The number of benzene rings is 1. The van der Waals surface area contributed by atoms with E-state index >= 15 is 0 Å². The Morgan fingerprint density at radius 2 is 2.31 bits per heavy atom. The van der Waals surface area contributed by atoms with E-state index in [9.17, 15) is 0 Å². The van der Waals surface area contributed by atoms with E-state index in [0.29, 0.717) is 6.54 Å². The topological polar surface area (TPSA) is 29.3 Å². The molecule has 70 valence electrons. The van der Waals surface area contributed by atoms with E-state index in [0.717, 1.165) is 6.54 Å². The number of rotatable bonds is 2. The molecule has 0 fully saturated rings. The van der Waals surface area contributed by atoms with Crippen molar-refractivity contribution in [2.24, 2.45) is 5.73 Å². The summed E-state index contributed by atoms with van der Waals surface area (Å²) in [4.78, 5) is 2.41. The standard InChI is InChI=1S/C11H16N2/c1-2-13-6-5-10-7-9(8-12)3-4-11(10)13/h3-4,7H,2,5-6,8,12H2,1H3. The predicted octanol–water partition coefficient (Wildman–Crippen LogP) is 1.53. The molecule has 0 spiro atoms. The highest BCUT2D eigenvalue weighted by Crippen LogP contribution is 2.28. The van der Waals surface area contributed by atoms with E-state index in [1.165, 1.54) is 29.8 Å². The lowest BCUT2D eigenvalue weighted by Gasteiger charge is -2.16. The molecule has 0 atom stereocenters. The molecule has 1 heterocycles. The fourth-order valence-electron chi connectivity index (χ4n) is 1.98. The van der Waals surface area contributed by atoms with Crippen LogP contribution in [-0.2, 0) is 13.0 Å². The van der Waals surface area contributed by atoms with Crippen LogP contribution in [0, 0.1) is 0 Å². The molecule has 0 bridgehead atoms. The van der Waals surface area contributed by atoms with Gasteiger partial charge < -0.3 is 10.6 Å². The molecule has 0 saturated heterocycles. The molecule has 1 aliphatic heterocycles. The largest absolute Gasteiger partial charge is 0.371 e. The lowest BCUT2D eigenvalue weighted by molar-refractivity contribution is 0.868. The van der Waals surface area contributed by atoms with Gasteiger partial charge in [0.2, 0.25) is 0 Å². The molecule has 0 unspecified atom stereocenters. The zero-order chi connectivity index (χ0) is 9.26. The highest BCUT2D eigenvalue weighted by molar-refractivity contribution is 5.58. The first-order valence-corrected chi connectivity index (χ1v) is 4.92. The van der Waals surface area contributed by atoms with Gasteiger partial charge in [-0.15, -0.1) is 0 Å². The maximum absolute atomic E-state index is 5.60. The lowest BCUT2D eigenvalue weighted by Crippen LogP contribution is -2.19. The van der Waals surface area contributed by atoms with Gasteiger partial charge in [0.1, 0.15) is 0 Å². The number of hydrogen-bond donors (Lipinski definition) is 1. The van der Waals surface area contributed by atoms with Crippen LogP contribution in [0.1, 0.15) is 18.1 Å². The second-order valence-corrected chi connectivity index (χ2v) is 3.50. The maximum Gasteiger partial charge on any atom is 0.0399 e. The maximum atomic E-state index is 5.60. The molecule has 0 aliphatic carbocycles. The summed E-state index contributed by atoms with van der Waals surface area (Å²) >= 11 is 0. The van der Waals surface area contributed by atoms with E-state index in [1.54, 1.807) is 0 Å². The van der Waals surface area contributed by atoms with Crippen molar-refractivity contribution in [3.63, 3.8) is 0 Å². The van der Waals surface area contributed by atoms with Crippen molar-refractivity contribution in [1.82, 2.24) is 0 Å². The quantitative estimate of drug-likeness (QED) is 0.740. The van der Waals surface area contributed by atoms with Crippen molar-refractivity contribution in [3.8, 4) is 0 Å². The number of nitrogens with zero attached hydrogens (tertiary/aromatic N) is 1. The smallest absolute Gasteiger partial charge is 0.0399 e. The van der Waals surface area contributed by atoms with E-state index in [1.807, 2.05) is 0 Å². The monoisotopic (exact) mass is 176 g/mol. The van der Waals surface area contributed by atoms with Gasteiger partial charge >= 0.3 is 0 Å². The molecule has 1 aromatic rings. The first-order valence-electron chi connectivity index (χ1n) is 4.92. The molecule has 2 nitrogen and oxygen atoms in total. The molecule has 0 aromatic heterocycles. The lowest BCUT2D eigenvalue weighted by atomic mass is 10.1. The molecule has 13 heavy (non-hydrogen) atoms. The van der Waals surface area contributed by atoms with Crippen LogP contribution in [-0.4, -0.2) is 13.1 Å². The molecule has 2 heteroatoms. The molecule has 0 radical (unpaired) electrons. The van der Waals surface area contributed by atoms with Gasteiger partial charge in [0.05, 0.1) is 0 Å². The highest BCUT2D eigenvalue weighted by Gasteiger charge is 2.16. The third-order valence-corrected chi connectivity index (χ3v) is 2.75. The second kappa shape index (κ2) is 3.38. The summed E-state index contributed by atoms with van der Waals surface area (Å²) in [7, 11) is 0. The SMILES string of the molecule is CCN1CCc2cc(CN)ccc21. The minimum atomic E-state index is 0.652. The van der Waals surface area contributed by atoms with Gasteiger partial charge in [-0.1, -0.05) is 12.1 Å². The normalized spacial score (nSPS) is 14.8. The summed E-state index contributed by atoms with van der Waals surface area (Å²) in [5.41, 5.74) is 9.71. The molecule has 2 rings (SSSR count). The van der Waals surface area contributed by atoms with Crippen molar-refractivity contribution in [2.45, 2.75) is 19.9 Å². The third-order valence-electron chi connectivity index (χ3n) is 2.75. The van der Waals surface area contributed by atoms with E-state index in [4.69, 9.17) is 5.73 Å². The molecule has 0 amide bonds. The molecule has 0 saturated carbocycles. The minimum Gasteiger partial charge on any atom is -0.371 e. The van der Waals surface area contributed by atoms with Gasteiger partial charge in [-0.05, 0) is 30.5 Å². The summed E-state index contributed by atoms with van der Waals surface area (Å²) in [5, 5.41) is 0. The minimum absolute atomic E-state index is 0.652. The van der Waals surface area contributed by atoms with Crippen molar-refractivity contribution < 1.29 is 0 Å². The molecular weight excluding hydrogens is 160 g/mol. The average molecular weight is 176 g/mol. The predicted molar refractivity (Wildman–Crippen MR) is 55.9 cm³/mol. The third kappa shape index (κ3) is 1.42. The van der Waals surface area contributed by atoms with Gasteiger partial charge in [0.15, 0.2) is 0 Å². The van der Waals surface area contributed by atoms with Crippen molar-refractivity contribution in [3.05, 3.63) is 29.3 Å². The molecule has 2 N–H and O–H groups in total. The zero-order valence-electron chi connectivity index (χ0n) is 8.09. The Kier molecular flexibility index (Phi) is 2.23. The molecular formula is C11H16N2. The number of nitrogens with two attached hydrogens (primary N) is 1. The zero-order valence-corrected chi connectivity index (χ0v) is 8.09. The Balaban J connectivity index is 2.34. The summed E-state index contributed by atoms with van der Waals surface area (Å²) in [6.45, 7) is 5.13. The Hall–Kier alpha value is -1.02. The van der Waals surface area contributed by atoms with Gasteiger partial charge in [0.25, 0.3) is 0 Å². The van der Waals surface area contributed by atoms with Crippen LogP contribution < -0.4 is 10.6 Å². The van der Waals surface area contributed by atoms with Crippen molar-refractivity contribution in [2.75, 3.05) is 18.0 Å². The molecule has 1 aliphatic rings. The Labute approximate surface area is 79.4 Å². The van der Waals surface area contributed by atoms with Crippen molar-refractivity contribution >= 4 is 5.69 Å². The fourth-order valence-corrected chi connectivity index (χ4v) is 1.98. The van der Waals surface area contributed by atoms with Crippen LogP contribution in [0.3, 0.4) is 0 Å². The van der Waals surface area contributed by atoms with Crippen LogP contribution in [0.5, 0.6) is 0 Å². The Morgan fingerprint density at radius 3 is 3.00 bits per heavy atom. The van der Waals surface area contributed by atoms with Crippen LogP contribution in [0.4, 0.5) is 5.69 Å². The number of likely N-dealkylation sites (N-methyl/N-ethyl adjacent to an activating group) is 1. The summed E-state index contributed by atoms with van der Waals surface area (Å²) in [6.07, 6.45) is 1.18. The number of fused-ring (bicyclic) bond motifs is 1. The Bertz CT molecular complexity index is 307. The van der Waals surface area contributed by atoms with Crippen LogP contribution >= 0.6 is 0 Å². The van der Waals surface area contributed by atoms with Gasteiger partial charge in [-0.25, -0.2) is 0 Å². The first kappa shape index (κ1) is 8.57. The van der Waals surface area contributed by atoms with Gasteiger partial charge in [0, 0.05) is 25.3 Å². The van der Waals surface area contributed by atoms with E-state index in [2.05, 4.69) is 30.0 Å². The fraction of sp³-hybridized carbons (Fsp3) is 0.455. The number of anilines is 1. The van der Waals surface area contributed by atoms with E-state index < -0.39 is 0 Å². The Morgan fingerprint density at radius 1 is 1.46 bits per heavy atom. The van der Waals surface area contributed by atoms with Crippen LogP contribution in [0.15, 0.2) is 18.2 Å². The average Bonchev–Trinajstić information content (AvgIpc) is 2.59.